The standard InChI is InChI=1S/C15H21F3N2S/c1-10-11(6-14(21-10)7-19-12-2-3-12)8-20(13-4-5-13)9-15(16,17)18/h6,12-13,19H,2-5,7-9H2,1H3. The van der Waals surface area contributed by atoms with Gasteiger partial charge in [0.25, 0.3) is 0 Å². The highest BCUT2D eigenvalue weighted by molar-refractivity contribution is 7.12. The number of thiophene rings is 1. The molecule has 1 N–H and O–H groups in total. The van der Waals surface area contributed by atoms with Gasteiger partial charge < -0.3 is 5.32 Å². The van der Waals surface area contributed by atoms with Gasteiger partial charge in [0, 0.05) is 34.9 Å². The summed E-state index contributed by atoms with van der Waals surface area (Å²) >= 11 is 1.71. The second-order valence-electron chi connectivity index (χ2n) is 6.20. The molecule has 0 radical (unpaired) electrons. The Bertz CT molecular complexity index is 490. The molecule has 2 saturated carbocycles. The Labute approximate surface area is 127 Å². The van der Waals surface area contributed by atoms with Crippen LogP contribution in [0.4, 0.5) is 13.2 Å². The molecule has 2 nitrogen and oxygen atoms in total. The van der Waals surface area contributed by atoms with Crippen LogP contribution in [0.1, 0.15) is 41.0 Å². The van der Waals surface area contributed by atoms with Crippen LogP contribution in [-0.4, -0.2) is 29.7 Å². The van der Waals surface area contributed by atoms with Gasteiger partial charge >= 0.3 is 6.18 Å². The van der Waals surface area contributed by atoms with Crippen molar-refractivity contribution in [2.45, 2.75) is 64.0 Å². The number of alkyl halides is 3. The molecule has 21 heavy (non-hydrogen) atoms. The van der Waals surface area contributed by atoms with Gasteiger partial charge in [0.15, 0.2) is 0 Å². The Kier molecular flexibility index (Phi) is 4.30. The minimum absolute atomic E-state index is 0.124. The van der Waals surface area contributed by atoms with Crippen molar-refractivity contribution < 1.29 is 13.2 Å². The molecule has 0 bridgehead atoms. The predicted octanol–water partition coefficient (Wildman–Crippen LogP) is 3.84. The van der Waals surface area contributed by atoms with Gasteiger partial charge in [-0.3, -0.25) is 4.90 Å². The molecule has 2 fully saturated rings. The normalized spacial score (nSPS) is 19.5. The number of nitrogens with zero attached hydrogens (tertiary/aromatic N) is 1. The second kappa shape index (κ2) is 5.89. The van der Waals surface area contributed by atoms with E-state index in [-0.39, 0.29) is 6.04 Å². The zero-order valence-electron chi connectivity index (χ0n) is 12.2. The monoisotopic (exact) mass is 318 g/mol. The molecule has 0 spiro atoms. The molecule has 2 aliphatic rings. The summed E-state index contributed by atoms with van der Waals surface area (Å²) in [5.74, 6) is 0. The van der Waals surface area contributed by atoms with Gasteiger partial charge in [-0.1, -0.05) is 0 Å². The molecule has 0 amide bonds. The molecule has 0 atom stereocenters. The average molecular weight is 318 g/mol. The van der Waals surface area contributed by atoms with Crippen LogP contribution in [0.25, 0.3) is 0 Å². The van der Waals surface area contributed by atoms with Crippen LogP contribution in [0, 0.1) is 6.92 Å². The van der Waals surface area contributed by atoms with Gasteiger partial charge in [-0.2, -0.15) is 13.2 Å². The van der Waals surface area contributed by atoms with Crippen molar-refractivity contribution in [1.29, 1.82) is 0 Å². The number of halogens is 3. The van der Waals surface area contributed by atoms with Crippen LogP contribution in [0.15, 0.2) is 6.07 Å². The molecule has 0 aliphatic heterocycles. The van der Waals surface area contributed by atoms with E-state index in [1.165, 1.54) is 17.7 Å². The minimum Gasteiger partial charge on any atom is -0.309 e. The largest absolute Gasteiger partial charge is 0.401 e. The van der Waals surface area contributed by atoms with Crippen molar-refractivity contribution in [2.75, 3.05) is 6.54 Å². The first-order chi connectivity index (χ1) is 9.90. The van der Waals surface area contributed by atoms with Gasteiger partial charge in [-0.05, 0) is 44.2 Å². The highest BCUT2D eigenvalue weighted by atomic mass is 32.1. The molecular formula is C15H21F3N2S. The first-order valence-corrected chi connectivity index (χ1v) is 8.35. The SMILES string of the molecule is Cc1sc(CNC2CC2)cc1CN(CC(F)(F)F)C1CC1. The predicted molar refractivity (Wildman–Crippen MR) is 78.4 cm³/mol. The van der Waals surface area contributed by atoms with Crippen LogP contribution in [-0.2, 0) is 13.1 Å². The van der Waals surface area contributed by atoms with Crippen molar-refractivity contribution in [2.24, 2.45) is 0 Å². The lowest BCUT2D eigenvalue weighted by Crippen LogP contribution is -2.35. The van der Waals surface area contributed by atoms with E-state index in [0.29, 0.717) is 12.6 Å². The van der Waals surface area contributed by atoms with E-state index in [1.807, 2.05) is 6.92 Å². The molecule has 6 heteroatoms. The molecule has 0 unspecified atom stereocenters. The lowest BCUT2D eigenvalue weighted by molar-refractivity contribution is -0.148. The number of nitrogens with one attached hydrogen (secondary N) is 1. The van der Waals surface area contributed by atoms with E-state index < -0.39 is 12.7 Å². The Morgan fingerprint density at radius 2 is 2.00 bits per heavy atom. The van der Waals surface area contributed by atoms with Gasteiger partial charge in [0.05, 0.1) is 6.54 Å². The summed E-state index contributed by atoms with van der Waals surface area (Å²) < 4.78 is 38.0. The van der Waals surface area contributed by atoms with Crippen LogP contribution >= 0.6 is 11.3 Å². The number of hydrogen-bond donors (Lipinski definition) is 1. The molecule has 1 aromatic heterocycles. The van der Waals surface area contributed by atoms with E-state index in [4.69, 9.17) is 0 Å². The first kappa shape index (κ1) is 15.3. The number of aryl methyl sites for hydroxylation is 1. The summed E-state index contributed by atoms with van der Waals surface area (Å²) in [6.07, 6.45) is 0.185. The van der Waals surface area contributed by atoms with Crippen molar-refractivity contribution in [3.63, 3.8) is 0 Å². The molecule has 1 heterocycles. The molecular weight excluding hydrogens is 297 g/mol. The first-order valence-electron chi connectivity index (χ1n) is 7.53. The van der Waals surface area contributed by atoms with E-state index in [9.17, 15) is 13.2 Å². The molecule has 118 valence electrons. The maximum atomic E-state index is 12.7. The molecule has 0 aromatic carbocycles. The van der Waals surface area contributed by atoms with Crippen LogP contribution < -0.4 is 5.32 Å². The van der Waals surface area contributed by atoms with Crippen molar-refractivity contribution in [3.8, 4) is 0 Å². The Balaban J connectivity index is 1.61. The van der Waals surface area contributed by atoms with Gasteiger partial charge in [0.2, 0.25) is 0 Å². The van der Waals surface area contributed by atoms with E-state index in [1.54, 1.807) is 16.2 Å². The quantitative estimate of drug-likeness (QED) is 0.822. The summed E-state index contributed by atoms with van der Waals surface area (Å²) in [5, 5.41) is 3.46. The maximum Gasteiger partial charge on any atom is 0.401 e. The maximum absolute atomic E-state index is 12.7. The lowest BCUT2D eigenvalue weighted by Gasteiger charge is -2.23. The minimum atomic E-state index is -4.11. The Hall–Kier alpha value is -0.590. The van der Waals surface area contributed by atoms with E-state index in [0.717, 1.165) is 29.8 Å². The van der Waals surface area contributed by atoms with Crippen LogP contribution in [0.5, 0.6) is 0 Å². The molecule has 1 aromatic rings. The summed E-state index contributed by atoms with van der Waals surface area (Å²) in [5.41, 5.74) is 1.06. The summed E-state index contributed by atoms with van der Waals surface area (Å²) in [4.78, 5) is 3.97. The number of rotatable bonds is 7. The summed E-state index contributed by atoms with van der Waals surface area (Å²) in [6.45, 7) is 2.50. The third kappa shape index (κ3) is 4.69. The average Bonchev–Trinajstić information content (AvgIpc) is 3.25. The Morgan fingerprint density at radius 1 is 1.29 bits per heavy atom. The van der Waals surface area contributed by atoms with Gasteiger partial charge in [0.1, 0.15) is 0 Å². The smallest absolute Gasteiger partial charge is 0.309 e. The lowest BCUT2D eigenvalue weighted by atomic mass is 10.2. The second-order valence-corrected chi connectivity index (χ2v) is 7.54. The van der Waals surface area contributed by atoms with Crippen molar-refractivity contribution in [1.82, 2.24) is 10.2 Å². The van der Waals surface area contributed by atoms with Gasteiger partial charge in [-0.25, -0.2) is 0 Å². The summed E-state index contributed by atoms with van der Waals surface area (Å²) in [6, 6.07) is 2.87. The fourth-order valence-corrected chi connectivity index (χ4v) is 3.57. The van der Waals surface area contributed by atoms with Gasteiger partial charge in [-0.15, -0.1) is 11.3 Å². The highest BCUT2D eigenvalue weighted by Gasteiger charge is 2.38. The van der Waals surface area contributed by atoms with Crippen molar-refractivity contribution in [3.05, 3.63) is 21.4 Å². The highest BCUT2D eigenvalue weighted by Crippen LogP contribution is 2.33. The number of hydrogen-bond acceptors (Lipinski definition) is 3. The fraction of sp³-hybridized carbons (Fsp3) is 0.733. The van der Waals surface area contributed by atoms with E-state index >= 15 is 0 Å². The molecule has 2 aliphatic carbocycles. The topological polar surface area (TPSA) is 15.3 Å². The zero-order chi connectivity index (χ0) is 15.0. The third-order valence-electron chi connectivity index (χ3n) is 4.03. The zero-order valence-corrected chi connectivity index (χ0v) is 13.0. The third-order valence-corrected chi connectivity index (χ3v) is 5.13. The summed E-state index contributed by atoms with van der Waals surface area (Å²) in [7, 11) is 0. The molecule has 0 saturated heterocycles. The molecule has 3 rings (SSSR count). The van der Waals surface area contributed by atoms with E-state index in [2.05, 4.69) is 11.4 Å². The van der Waals surface area contributed by atoms with Crippen LogP contribution in [0.2, 0.25) is 0 Å². The van der Waals surface area contributed by atoms with Crippen LogP contribution in [0.3, 0.4) is 0 Å². The fourth-order valence-electron chi connectivity index (χ4n) is 2.57. The van der Waals surface area contributed by atoms with Crippen molar-refractivity contribution >= 4 is 11.3 Å². The Morgan fingerprint density at radius 3 is 2.57 bits per heavy atom.